The lowest BCUT2D eigenvalue weighted by molar-refractivity contribution is -0.120. The zero-order valence-electron chi connectivity index (χ0n) is 17.4. The van der Waals surface area contributed by atoms with E-state index in [0.717, 1.165) is 5.56 Å². The number of anilines is 1. The molecule has 0 aliphatic carbocycles. The molecule has 2 aromatic carbocycles. The summed E-state index contributed by atoms with van der Waals surface area (Å²) in [6.07, 6.45) is 0. The van der Waals surface area contributed by atoms with Gasteiger partial charge in [-0.15, -0.1) is 0 Å². The van der Waals surface area contributed by atoms with Crippen LogP contribution in [0.3, 0.4) is 0 Å². The molecule has 0 saturated heterocycles. The number of rotatable bonds is 9. The number of carbonyl (C=O) groups excluding carboxylic acids is 2. The Balaban J connectivity index is 2.12. The van der Waals surface area contributed by atoms with Gasteiger partial charge in [-0.1, -0.05) is 47.5 Å². The van der Waals surface area contributed by atoms with Crippen molar-refractivity contribution in [1.82, 2.24) is 4.90 Å². The predicted molar refractivity (Wildman–Crippen MR) is 117 cm³/mol. The lowest BCUT2D eigenvalue weighted by Gasteiger charge is -2.25. The van der Waals surface area contributed by atoms with Crippen LogP contribution in [0, 0.1) is 6.92 Å². The SMILES string of the molecule is COCCN(CCOC)C1=C(c2ccc(C)cc2)C(=O)N(c2cccc(Cl)c2)C1=O. The summed E-state index contributed by atoms with van der Waals surface area (Å²) >= 11 is 6.12. The fraction of sp³-hybridized carbons (Fsp3) is 0.304. The smallest absolute Gasteiger partial charge is 0.282 e. The highest BCUT2D eigenvalue weighted by Crippen LogP contribution is 2.35. The average Bonchev–Trinajstić information content (AvgIpc) is 2.99. The van der Waals surface area contributed by atoms with Crippen LogP contribution in [-0.4, -0.2) is 57.2 Å². The molecular weight excluding hydrogens is 404 g/mol. The maximum absolute atomic E-state index is 13.5. The molecule has 0 spiro atoms. The zero-order valence-corrected chi connectivity index (χ0v) is 18.1. The molecule has 2 aromatic rings. The Bertz CT molecular complexity index is 948. The number of amides is 2. The van der Waals surface area contributed by atoms with Gasteiger partial charge >= 0.3 is 0 Å². The van der Waals surface area contributed by atoms with Gasteiger partial charge in [-0.05, 0) is 30.7 Å². The van der Waals surface area contributed by atoms with Gasteiger partial charge in [0.1, 0.15) is 5.70 Å². The number of nitrogens with zero attached hydrogens (tertiary/aromatic N) is 2. The highest BCUT2D eigenvalue weighted by atomic mass is 35.5. The molecule has 0 aromatic heterocycles. The van der Waals surface area contributed by atoms with Gasteiger partial charge in [-0.2, -0.15) is 0 Å². The summed E-state index contributed by atoms with van der Waals surface area (Å²) in [4.78, 5) is 30.1. The molecule has 0 saturated carbocycles. The number of methoxy groups -OCH3 is 2. The maximum atomic E-state index is 13.5. The van der Waals surface area contributed by atoms with Crippen LogP contribution in [-0.2, 0) is 19.1 Å². The molecule has 30 heavy (non-hydrogen) atoms. The van der Waals surface area contributed by atoms with E-state index in [1.54, 1.807) is 38.5 Å². The molecule has 1 aliphatic rings. The van der Waals surface area contributed by atoms with Crippen LogP contribution in [0.1, 0.15) is 11.1 Å². The van der Waals surface area contributed by atoms with E-state index >= 15 is 0 Å². The van der Waals surface area contributed by atoms with Crippen molar-refractivity contribution in [2.24, 2.45) is 0 Å². The Labute approximate surface area is 181 Å². The molecule has 0 radical (unpaired) electrons. The number of carbonyl (C=O) groups is 2. The molecule has 0 N–H and O–H groups in total. The summed E-state index contributed by atoms with van der Waals surface area (Å²) in [5, 5.41) is 0.453. The van der Waals surface area contributed by atoms with Gasteiger partial charge in [0.25, 0.3) is 11.8 Å². The minimum Gasteiger partial charge on any atom is -0.383 e. The predicted octanol–water partition coefficient (Wildman–Crippen LogP) is 3.53. The molecule has 6 nitrogen and oxygen atoms in total. The molecular formula is C23H25ClN2O4. The molecule has 1 heterocycles. The largest absolute Gasteiger partial charge is 0.383 e. The molecule has 0 bridgehead atoms. The second kappa shape index (κ2) is 9.89. The molecule has 0 unspecified atom stereocenters. The molecule has 0 atom stereocenters. The van der Waals surface area contributed by atoms with E-state index in [0.29, 0.717) is 53.8 Å². The molecule has 158 valence electrons. The van der Waals surface area contributed by atoms with Gasteiger partial charge in [0, 0.05) is 32.3 Å². The van der Waals surface area contributed by atoms with Crippen LogP contribution in [0.5, 0.6) is 0 Å². The van der Waals surface area contributed by atoms with Crippen LogP contribution in [0.15, 0.2) is 54.2 Å². The van der Waals surface area contributed by atoms with Gasteiger partial charge < -0.3 is 14.4 Å². The Kier molecular flexibility index (Phi) is 7.26. The first-order chi connectivity index (χ1) is 14.5. The van der Waals surface area contributed by atoms with Crippen molar-refractivity contribution in [3.63, 3.8) is 0 Å². The fourth-order valence-electron chi connectivity index (χ4n) is 3.38. The van der Waals surface area contributed by atoms with E-state index in [9.17, 15) is 9.59 Å². The lowest BCUT2D eigenvalue weighted by atomic mass is 10.0. The average molecular weight is 429 g/mol. The number of benzene rings is 2. The summed E-state index contributed by atoms with van der Waals surface area (Å²) in [5.41, 5.74) is 2.92. The van der Waals surface area contributed by atoms with E-state index < -0.39 is 0 Å². The third-order valence-corrected chi connectivity index (χ3v) is 5.15. The van der Waals surface area contributed by atoms with Gasteiger partial charge in [-0.25, -0.2) is 4.90 Å². The van der Waals surface area contributed by atoms with Crippen LogP contribution in [0.25, 0.3) is 5.57 Å². The highest BCUT2D eigenvalue weighted by molar-refractivity contribution is 6.45. The second-order valence-corrected chi connectivity index (χ2v) is 7.42. The van der Waals surface area contributed by atoms with Gasteiger partial charge in [0.15, 0.2) is 0 Å². The summed E-state index contributed by atoms with van der Waals surface area (Å²) in [6.45, 7) is 3.70. The Morgan fingerprint density at radius 1 is 0.933 bits per heavy atom. The van der Waals surface area contributed by atoms with Crippen LogP contribution < -0.4 is 4.90 Å². The molecule has 3 rings (SSSR count). The van der Waals surface area contributed by atoms with Crippen molar-refractivity contribution in [2.45, 2.75) is 6.92 Å². The topological polar surface area (TPSA) is 59.1 Å². The van der Waals surface area contributed by atoms with Crippen molar-refractivity contribution in [3.8, 4) is 0 Å². The highest BCUT2D eigenvalue weighted by Gasteiger charge is 2.42. The normalized spacial score (nSPS) is 14.1. The number of hydrogen-bond acceptors (Lipinski definition) is 5. The maximum Gasteiger partial charge on any atom is 0.282 e. The molecule has 7 heteroatoms. The first-order valence-electron chi connectivity index (χ1n) is 9.66. The van der Waals surface area contributed by atoms with Crippen molar-refractivity contribution < 1.29 is 19.1 Å². The molecule has 1 aliphatic heterocycles. The van der Waals surface area contributed by atoms with E-state index in [4.69, 9.17) is 21.1 Å². The number of ether oxygens (including phenoxy) is 2. The number of hydrogen-bond donors (Lipinski definition) is 0. The van der Waals surface area contributed by atoms with Crippen molar-refractivity contribution in [2.75, 3.05) is 45.4 Å². The summed E-state index contributed by atoms with van der Waals surface area (Å²) in [7, 11) is 3.20. The third kappa shape index (κ3) is 4.56. The summed E-state index contributed by atoms with van der Waals surface area (Å²) in [5.74, 6) is -0.758. The van der Waals surface area contributed by atoms with Crippen LogP contribution >= 0.6 is 11.6 Å². The number of aryl methyl sites for hydroxylation is 1. The van der Waals surface area contributed by atoms with Gasteiger partial charge in [0.05, 0.1) is 24.5 Å². The van der Waals surface area contributed by atoms with Crippen molar-refractivity contribution >= 4 is 34.7 Å². The summed E-state index contributed by atoms with van der Waals surface area (Å²) in [6, 6.07) is 14.3. The Hall–Kier alpha value is -2.67. The third-order valence-electron chi connectivity index (χ3n) is 4.91. The van der Waals surface area contributed by atoms with E-state index in [2.05, 4.69) is 0 Å². The molecule has 2 amide bonds. The molecule has 0 fully saturated rings. The zero-order chi connectivity index (χ0) is 21.7. The van der Waals surface area contributed by atoms with E-state index in [-0.39, 0.29) is 11.8 Å². The lowest BCUT2D eigenvalue weighted by Crippen LogP contribution is -2.37. The monoisotopic (exact) mass is 428 g/mol. The second-order valence-electron chi connectivity index (χ2n) is 6.99. The van der Waals surface area contributed by atoms with Crippen LogP contribution in [0.4, 0.5) is 5.69 Å². The van der Waals surface area contributed by atoms with Crippen molar-refractivity contribution in [1.29, 1.82) is 0 Å². The minimum atomic E-state index is -0.384. The standard InChI is InChI=1S/C23H25ClN2O4/c1-16-7-9-17(10-8-16)20-21(25(11-13-29-2)12-14-30-3)23(28)26(22(20)27)19-6-4-5-18(24)15-19/h4-10,15H,11-14H2,1-3H3. The van der Waals surface area contributed by atoms with E-state index in [1.807, 2.05) is 36.1 Å². The quantitative estimate of drug-likeness (QED) is 0.572. The van der Waals surface area contributed by atoms with Gasteiger partial charge in [-0.3, -0.25) is 9.59 Å². The van der Waals surface area contributed by atoms with Gasteiger partial charge in [0.2, 0.25) is 0 Å². The first-order valence-corrected chi connectivity index (χ1v) is 10.0. The van der Waals surface area contributed by atoms with Crippen LogP contribution in [0.2, 0.25) is 5.02 Å². The number of halogens is 1. The number of imide groups is 1. The Morgan fingerprint density at radius 2 is 1.57 bits per heavy atom. The van der Waals surface area contributed by atoms with Crippen molar-refractivity contribution in [3.05, 3.63) is 70.4 Å². The minimum absolute atomic E-state index is 0.345. The van der Waals surface area contributed by atoms with E-state index in [1.165, 1.54) is 4.90 Å². The Morgan fingerprint density at radius 3 is 2.13 bits per heavy atom. The summed E-state index contributed by atoms with van der Waals surface area (Å²) < 4.78 is 10.5. The first kappa shape index (κ1) is 22.0. The fourth-order valence-corrected chi connectivity index (χ4v) is 3.56.